The minimum Gasteiger partial charge on any atom is -0.490 e. The first-order valence-corrected chi connectivity index (χ1v) is 12.4. The summed E-state index contributed by atoms with van der Waals surface area (Å²) in [5.41, 5.74) is 2.11. The molecule has 1 fully saturated rings. The number of hydrogen-bond acceptors (Lipinski definition) is 6. The van der Waals surface area contributed by atoms with Gasteiger partial charge < -0.3 is 19.4 Å². The van der Waals surface area contributed by atoms with Crippen molar-refractivity contribution < 1.29 is 14.3 Å². The van der Waals surface area contributed by atoms with Crippen molar-refractivity contribution in [2.45, 2.75) is 38.1 Å². The van der Waals surface area contributed by atoms with Crippen molar-refractivity contribution in [1.82, 2.24) is 24.6 Å². The maximum Gasteiger partial charge on any atom is 0.262 e. The van der Waals surface area contributed by atoms with Gasteiger partial charge in [-0.15, -0.1) is 0 Å². The molecule has 2 aliphatic heterocycles. The lowest BCUT2D eigenvalue weighted by atomic mass is 10.0. The number of nitrogens with zero attached hydrogens (tertiary/aromatic N) is 4. The second-order valence-electron chi connectivity index (χ2n) is 9.14. The number of likely N-dealkylation sites (tertiary alicyclic amines) is 1. The fourth-order valence-electron chi connectivity index (χ4n) is 5.01. The van der Waals surface area contributed by atoms with Crippen LogP contribution in [0.15, 0.2) is 59.5 Å². The molecule has 0 unspecified atom stereocenters. The highest BCUT2D eigenvalue weighted by molar-refractivity contribution is 5.78. The molecule has 0 spiro atoms. The zero-order valence-corrected chi connectivity index (χ0v) is 19.9. The molecule has 9 nitrogen and oxygen atoms in total. The van der Waals surface area contributed by atoms with Crippen LogP contribution in [0.4, 0.5) is 0 Å². The third-order valence-corrected chi connectivity index (χ3v) is 6.79. The molecule has 1 atom stereocenters. The van der Waals surface area contributed by atoms with Crippen LogP contribution in [0.1, 0.15) is 43.1 Å². The van der Waals surface area contributed by atoms with Crippen molar-refractivity contribution in [3.8, 4) is 17.2 Å². The Labute approximate surface area is 207 Å². The van der Waals surface area contributed by atoms with E-state index in [-0.39, 0.29) is 23.9 Å². The van der Waals surface area contributed by atoms with Crippen LogP contribution in [0, 0.1) is 0 Å². The summed E-state index contributed by atoms with van der Waals surface area (Å²) in [5.74, 6) is 2.02. The fourth-order valence-corrected chi connectivity index (χ4v) is 5.01. The smallest absolute Gasteiger partial charge is 0.262 e. The fraction of sp³-hybridized carbons (Fsp3) is 0.333. The highest BCUT2D eigenvalue weighted by Gasteiger charge is 2.30. The summed E-state index contributed by atoms with van der Waals surface area (Å²) in [6, 6.07) is 15.5. The van der Waals surface area contributed by atoms with Gasteiger partial charge in [-0.1, -0.05) is 24.3 Å². The maximum atomic E-state index is 13.3. The molecule has 0 radical (unpaired) electrons. The lowest BCUT2D eigenvalue weighted by Gasteiger charge is -2.25. The van der Waals surface area contributed by atoms with Crippen LogP contribution < -0.4 is 15.0 Å². The number of rotatable bonds is 5. The number of fused-ring (bicyclic) bond motifs is 2. The maximum absolute atomic E-state index is 13.3. The van der Waals surface area contributed by atoms with Gasteiger partial charge in [0.2, 0.25) is 5.91 Å². The van der Waals surface area contributed by atoms with Gasteiger partial charge in [0, 0.05) is 25.8 Å². The molecule has 1 saturated heterocycles. The number of aromatic nitrogens is 4. The largest absolute Gasteiger partial charge is 0.490 e. The Hall–Kier alpha value is -4.14. The summed E-state index contributed by atoms with van der Waals surface area (Å²) < 4.78 is 13.3. The highest BCUT2D eigenvalue weighted by atomic mass is 16.5. The van der Waals surface area contributed by atoms with E-state index < -0.39 is 0 Å². The summed E-state index contributed by atoms with van der Waals surface area (Å²) >= 11 is 0. The van der Waals surface area contributed by atoms with Gasteiger partial charge in [0.25, 0.3) is 5.56 Å². The molecule has 2 aromatic heterocycles. The number of carbonyl (C=O) groups is 1. The summed E-state index contributed by atoms with van der Waals surface area (Å²) in [4.78, 5) is 35.3. The van der Waals surface area contributed by atoms with E-state index in [1.807, 2.05) is 53.4 Å². The molecule has 0 saturated carbocycles. The normalized spacial score (nSPS) is 17.3. The van der Waals surface area contributed by atoms with Gasteiger partial charge in [-0.2, -0.15) is 5.10 Å². The number of aryl methyl sites for hydroxylation is 1. The number of ether oxygens (including phenoxy) is 2. The Morgan fingerprint density at radius 1 is 1.06 bits per heavy atom. The number of amides is 1. The summed E-state index contributed by atoms with van der Waals surface area (Å²) in [6.45, 7) is 1.98. The zero-order valence-electron chi connectivity index (χ0n) is 19.9. The minimum absolute atomic E-state index is 0.00338. The number of carbonyl (C=O) groups excluding carboxylic acids is 1. The lowest BCUT2D eigenvalue weighted by Crippen LogP contribution is -2.31. The van der Waals surface area contributed by atoms with Crippen molar-refractivity contribution >= 4 is 16.9 Å². The predicted molar refractivity (Wildman–Crippen MR) is 134 cm³/mol. The third kappa shape index (κ3) is 4.21. The molecular formula is C27H27N5O4. The standard InChI is InChI=1S/C27H27N5O4/c33-25(31-13-4-8-21(31)18-9-10-22-23(16-18)36-15-5-14-35-22)12-11-24-29-26-20(27(34)30-24)17-28-32(26)19-6-2-1-3-7-19/h1-3,6-7,9-10,16-17,21H,4-5,8,11-15H2,(H,29,30,34)/t21-/m0/s1. The Kier molecular flexibility index (Phi) is 5.88. The molecule has 1 N–H and O–H groups in total. The first kappa shape index (κ1) is 22.3. The molecule has 1 amide bonds. The number of para-hydroxylation sites is 1. The van der Waals surface area contributed by atoms with Gasteiger partial charge in [-0.05, 0) is 42.7 Å². The Morgan fingerprint density at radius 3 is 2.75 bits per heavy atom. The molecule has 6 rings (SSSR count). The van der Waals surface area contributed by atoms with Gasteiger partial charge in [-0.3, -0.25) is 9.59 Å². The second kappa shape index (κ2) is 9.49. The number of H-pyrrole nitrogens is 1. The summed E-state index contributed by atoms with van der Waals surface area (Å²) in [6.07, 6.45) is 4.83. The molecule has 4 heterocycles. The second-order valence-corrected chi connectivity index (χ2v) is 9.14. The number of hydrogen-bond donors (Lipinski definition) is 1. The van der Waals surface area contributed by atoms with Crippen LogP contribution in [0.25, 0.3) is 16.7 Å². The van der Waals surface area contributed by atoms with E-state index in [0.717, 1.165) is 42.0 Å². The van der Waals surface area contributed by atoms with Crippen molar-refractivity contribution in [3.05, 3.63) is 76.5 Å². The molecule has 9 heteroatoms. The van der Waals surface area contributed by atoms with Crippen LogP contribution in [0.2, 0.25) is 0 Å². The van der Waals surface area contributed by atoms with Crippen LogP contribution in [-0.2, 0) is 11.2 Å². The van der Waals surface area contributed by atoms with E-state index in [9.17, 15) is 9.59 Å². The van der Waals surface area contributed by atoms with Crippen LogP contribution >= 0.6 is 0 Å². The van der Waals surface area contributed by atoms with E-state index >= 15 is 0 Å². The number of aromatic amines is 1. The lowest BCUT2D eigenvalue weighted by molar-refractivity contribution is -0.132. The number of benzene rings is 2. The first-order chi connectivity index (χ1) is 17.7. The minimum atomic E-state index is -0.254. The van der Waals surface area contributed by atoms with Crippen molar-refractivity contribution in [1.29, 1.82) is 0 Å². The summed E-state index contributed by atoms with van der Waals surface area (Å²) in [5, 5.41) is 4.76. The SMILES string of the molecule is O=C(CCc1nc2c(cnn2-c2ccccc2)c(=O)[nH]1)N1CCC[C@H]1c1ccc2c(c1)OCCCO2. The molecular weight excluding hydrogens is 458 g/mol. The molecule has 36 heavy (non-hydrogen) atoms. The Balaban J connectivity index is 1.20. The van der Waals surface area contributed by atoms with Crippen LogP contribution in [0.3, 0.4) is 0 Å². The topological polar surface area (TPSA) is 102 Å². The van der Waals surface area contributed by atoms with Gasteiger partial charge >= 0.3 is 0 Å². The van der Waals surface area contributed by atoms with Gasteiger partial charge in [0.15, 0.2) is 17.1 Å². The zero-order chi connectivity index (χ0) is 24.5. The molecule has 2 aromatic carbocycles. The van der Waals surface area contributed by atoms with Crippen LogP contribution in [0.5, 0.6) is 11.5 Å². The van der Waals surface area contributed by atoms with E-state index in [2.05, 4.69) is 15.1 Å². The van der Waals surface area contributed by atoms with Gasteiger partial charge in [0.05, 0.1) is 31.1 Å². The Morgan fingerprint density at radius 2 is 1.89 bits per heavy atom. The van der Waals surface area contributed by atoms with E-state index in [1.54, 1.807) is 4.68 Å². The molecule has 4 aromatic rings. The van der Waals surface area contributed by atoms with Crippen molar-refractivity contribution in [2.24, 2.45) is 0 Å². The monoisotopic (exact) mass is 485 g/mol. The van der Waals surface area contributed by atoms with Crippen molar-refractivity contribution in [2.75, 3.05) is 19.8 Å². The highest BCUT2D eigenvalue weighted by Crippen LogP contribution is 2.38. The Bertz CT molecular complexity index is 1460. The van der Waals surface area contributed by atoms with Gasteiger partial charge in [0.1, 0.15) is 11.2 Å². The predicted octanol–water partition coefficient (Wildman–Crippen LogP) is 3.57. The van der Waals surface area contributed by atoms with E-state index in [4.69, 9.17) is 9.47 Å². The van der Waals surface area contributed by atoms with E-state index in [1.165, 1.54) is 6.20 Å². The molecule has 0 aliphatic carbocycles. The molecule has 0 bridgehead atoms. The van der Waals surface area contributed by atoms with Crippen molar-refractivity contribution in [3.63, 3.8) is 0 Å². The van der Waals surface area contributed by atoms with Gasteiger partial charge in [-0.25, -0.2) is 9.67 Å². The van der Waals surface area contributed by atoms with E-state index in [0.29, 0.717) is 43.0 Å². The average Bonchev–Trinajstić information content (AvgIpc) is 3.50. The average molecular weight is 486 g/mol. The quantitative estimate of drug-likeness (QED) is 0.464. The first-order valence-electron chi connectivity index (χ1n) is 12.4. The molecule has 2 aliphatic rings. The van der Waals surface area contributed by atoms with Crippen LogP contribution in [-0.4, -0.2) is 50.3 Å². The summed E-state index contributed by atoms with van der Waals surface area (Å²) in [7, 11) is 0. The third-order valence-electron chi connectivity index (χ3n) is 6.79. The molecule has 184 valence electrons. The number of nitrogens with one attached hydrogen (secondary N) is 1.